The number of amides is 2. The Labute approximate surface area is 146 Å². The number of likely N-dealkylation sites (tertiary alicyclic amines) is 1. The van der Waals surface area contributed by atoms with Crippen LogP contribution in [0.2, 0.25) is 0 Å². The third-order valence-corrected chi connectivity index (χ3v) is 4.40. The van der Waals surface area contributed by atoms with Gasteiger partial charge in [-0.05, 0) is 37.1 Å². The second-order valence-corrected chi connectivity index (χ2v) is 5.98. The highest BCUT2D eigenvalue weighted by Crippen LogP contribution is 2.21. The van der Waals surface area contributed by atoms with Crippen molar-refractivity contribution in [2.24, 2.45) is 0 Å². The summed E-state index contributed by atoms with van der Waals surface area (Å²) >= 11 is 0. The molecule has 25 heavy (non-hydrogen) atoms. The van der Waals surface area contributed by atoms with E-state index < -0.39 is 0 Å². The number of hydrogen-bond donors (Lipinski definition) is 1. The van der Waals surface area contributed by atoms with Crippen molar-refractivity contribution >= 4 is 11.8 Å². The van der Waals surface area contributed by atoms with Gasteiger partial charge >= 0.3 is 0 Å². The standard InChI is InChI=1S/C19H21N3O3/c1-25-17-5-3-2-4-16(17)19(24)22-12-8-15(9-13-22)21-18(23)14-6-10-20-11-7-14/h2-7,10-11,15H,8-9,12-13H2,1H3,(H,21,23). The number of piperidine rings is 1. The van der Waals surface area contributed by atoms with Crippen molar-refractivity contribution in [2.75, 3.05) is 20.2 Å². The Bertz CT molecular complexity index is 741. The lowest BCUT2D eigenvalue weighted by atomic mass is 10.0. The smallest absolute Gasteiger partial charge is 0.257 e. The van der Waals surface area contributed by atoms with Crippen LogP contribution in [-0.2, 0) is 0 Å². The zero-order chi connectivity index (χ0) is 17.6. The maximum absolute atomic E-state index is 12.7. The first kappa shape index (κ1) is 17.0. The first-order valence-corrected chi connectivity index (χ1v) is 8.32. The number of para-hydroxylation sites is 1. The topological polar surface area (TPSA) is 71.5 Å². The maximum Gasteiger partial charge on any atom is 0.257 e. The summed E-state index contributed by atoms with van der Waals surface area (Å²) in [5.41, 5.74) is 1.17. The molecule has 3 rings (SSSR count). The molecule has 1 aliphatic rings. The maximum atomic E-state index is 12.7. The van der Waals surface area contributed by atoms with Crippen LogP contribution in [0, 0.1) is 0 Å². The van der Waals surface area contributed by atoms with Gasteiger partial charge in [0, 0.05) is 37.1 Å². The van der Waals surface area contributed by atoms with Crippen LogP contribution in [0.25, 0.3) is 0 Å². The van der Waals surface area contributed by atoms with E-state index in [1.54, 1.807) is 43.8 Å². The van der Waals surface area contributed by atoms with E-state index in [2.05, 4.69) is 10.3 Å². The lowest BCUT2D eigenvalue weighted by Crippen LogP contribution is -2.46. The molecule has 1 aliphatic heterocycles. The average molecular weight is 339 g/mol. The fourth-order valence-electron chi connectivity index (χ4n) is 2.99. The molecule has 2 heterocycles. The largest absolute Gasteiger partial charge is 0.496 e. The van der Waals surface area contributed by atoms with Gasteiger partial charge in [-0.25, -0.2) is 0 Å². The number of carbonyl (C=O) groups is 2. The zero-order valence-electron chi connectivity index (χ0n) is 14.1. The van der Waals surface area contributed by atoms with Gasteiger partial charge in [0.1, 0.15) is 5.75 Å². The third kappa shape index (κ3) is 3.96. The van der Waals surface area contributed by atoms with E-state index >= 15 is 0 Å². The lowest BCUT2D eigenvalue weighted by molar-refractivity contribution is 0.0695. The van der Waals surface area contributed by atoms with E-state index in [1.807, 2.05) is 17.0 Å². The molecule has 0 saturated carbocycles. The highest BCUT2D eigenvalue weighted by molar-refractivity contribution is 5.97. The van der Waals surface area contributed by atoms with Gasteiger partial charge in [0.2, 0.25) is 0 Å². The van der Waals surface area contributed by atoms with Gasteiger partial charge in [-0.1, -0.05) is 12.1 Å². The van der Waals surface area contributed by atoms with Gasteiger partial charge in [-0.15, -0.1) is 0 Å². The van der Waals surface area contributed by atoms with Crippen LogP contribution in [0.5, 0.6) is 5.75 Å². The fourth-order valence-corrected chi connectivity index (χ4v) is 2.99. The number of ether oxygens (including phenoxy) is 1. The number of hydrogen-bond acceptors (Lipinski definition) is 4. The Kier molecular flexibility index (Phi) is 5.28. The Morgan fingerprint density at radius 1 is 1.12 bits per heavy atom. The average Bonchev–Trinajstić information content (AvgIpc) is 2.68. The normalized spacial score (nSPS) is 14.8. The summed E-state index contributed by atoms with van der Waals surface area (Å²) in [6.07, 6.45) is 4.67. The SMILES string of the molecule is COc1ccccc1C(=O)N1CCC(NC(=O)c2ccncc2)CC1. The molecule has 6 nitrogen and oxygen atoms in total. The summed E-state index contributed by atoms with van der Waals surface area (Å²) in [4.78, 5) is 30.6. The number of nitrogens with one attached hydrogen (secondary N) is 1. The summed E-state index contributed by atoms with van der Waals surface area (Å²) in [5, 5.41) is 3.03. The van der Waals surface area contributed by atoms with Crippen molar-refractivity contribution < 1.29 is 14.3 Å². The summed E-state index contributed by atoms with van der Waals surface area (Å²) in [6, 6.07) is 10.7. The summed E-state index contributed by atoms with van der Waals surface area (Å²) < 4.78 is 5.27. The molecule has 2 aromatic rings. The van der Waals surface area contributed by atoms with Crippen LogP contribution in [0.15, 0.2) is 48.8 Å². The minimum atomic E-state index is -0.100. The molecule has 1 N–H and O–H groups in total. The minimum absolute atomic E-state index is 0.0311. The summed E-state index contributed by atoms with van der Waals surface area (Å²) in [5.74, 6) is 0.453. The van der Waals surface area contributed by atoms with E-state index in [4.69, 9.17) is 4.74 Å². The molecular formula is C19H21N3O3. The number of methoxy groups -OCH3 is 1. The van der Waals surface area contributed by atoms with Crippen molar-refractivity contribution in [1.82, 2.24) is 15.2 Å². The molecule has 0 radical (unpaired) electrons. The zero-order valence-corrected chi connectivity index (χ0v) is 14.1. The van der Waals surface area contributed by atoms with Crippen LogP contribution >= 0.6 is 0 Å². The fraction of sp³-hybridized carbons (Fsp3) is 0.316. The van der Waals surface area contributed by atoms with Crippen LogP contribution in [0.1, 0.15) is 33.6 Å². The van der Waals surface area contributed by atoms with Crippen LogP contribution < -0.4 is 10.1 Å². The van der Waals surface area contributed by atoms with Crippen molar-refractivity contribution in [3.05, 3.63) is 59.9 Å². The van der Waals surface area contributed by atoms with E-state index in [0.717, 1.165) is 12.8 Å². The second kappa shape index (κ2) is 7.79. The van der Waals surface area contributed by atoms with Gasteiger partial charge in [0.15, 0.2) is 0 Å². The summed E-state index contributed by atoms with van der Waals surface area (Å²) in [7, 11) is 1.56. The predicted octanol–water partition coefficient (Wildman–Crippen LogP) is 2.12. The quantitative estimate of drug-likeness (QED) is 0.926. The Morgan fingerprint density at radius 2 is 1.80 bits per heavy atom. The van der Waals surface area contributed by atoms with Crippen molar-refractivity contribution in [1.29, 1.82) is 0 Å². The van der Waals surface area contributed by atoms with Gasteiger partial charge in [-0.2, -0.15) is 0 Å². The molecule has 1 aromatic heterocycles. The first-order valence-electron chi connectivity index (χ1n) is 8.32. The van der Waals surface area contributed by atoms with Gasteiger partial charge in [0.05, 0.1) is 12.7 Å². The van der Waals surface area contributed by atoms with Crippen LogP contribution in [0.4, 0.5) is 0 Å². The third-order valence-electron chi connectivity index (χ3n) is 4.40. The molecule has 1 aromatic carbocycles. The van der Waals surface area contributed by atoms with Crippen LogP contribution in [0.3, 0.4) is 0 Å². The number of aromatic nitrogens is 1. The monoisotopic (exact) mass is 339 g/mol. The highest BCUT2D eigenvalue weighted by atomic mass is 16.5. The predicted molar refractivity (Wildman–Crippen MR) is 93.6 cm³/mol. The first-order chi connectivity index (χ1) is 12.2. The summed E-state index contributed by atoms with van der Waals surface area (Å²) in [6.45, 7) is 1.22. The van der Waals surface area contributed by atoms with Crippen molar-refractivity contribution in [3.8, 4) is 5.75 Å². The molecule has 6 heteroatoms. The number of pyridine rings is 1. The van der Waals surface area contributed by atoms with E-state index in [-0.39, 0.29) is 17.9 Å². The van der Waals surface area contributed by atoms with Gasteiger partial charge in [-0.3, -0.25) is 14.6 Å². The molecule has 1 fully saturated rings. The Balaban J connectivity index is 1.57. The van der Waals surface area contributed by atoms with Gasteiger partial charge < -0.3 is 15.0 Å². The van der Waals surface area contributed by atoms with Crippen molar-refractivity contribution in [3.63, 3.8) is 0 Å². The molecule has 0 bridgehead atoms. The lowest BCUT2D eigenvalue weighted by Gasteiger charge is -2.32. The molecular weight excluding hydrogens is 318 g/mol. The number of rotatable bonds is 4. The molecule has 0 spiro atoms. The van der Waals surface area contributed by atoms with Crippen molar-refractivity contribution in [2.45, 2.75) is 18.9 Å². The van der Waals surface area contributed by atoms with E-state index in [9.17, 15) is 9.59 Å². The molecule has 130 valence electrons. The second-order valence-electron chi connectivity index (χ2n) is 5.98. The van der Waals surface area contributed by atoms with E-state index in [1.165, 1.54) is 0 Å². The molecule has 2 amide bonds. The number of nitrogens with zero attached hydrogens (tertiary/aromatic N) is 2. The van der Waals surface area contributed by atoms with Crippen LogP contribution in [-0.4, -0.2) is 47.9 Å². The molecule has 1 saturated heterocycles. The molecule has 0 aliphatic carbocycles. The molecule has 0 unspecified atom stereocenters. The molecule has 0 atom stereocenters. The highest BCUT2D eigenvalue weighted by Gasteiger charge is 2.26. The Hall–Kier alpha value is -2.89. The number of benzene rings is 1. The Morgan fingerprint density at radius 3 is 2.48 bits per heavy atom. The minimum Gasteiger partial charge on any atom is -0.496 e. The van der Waals surface area contributed by atoms with E-state index in [0.29, 0.717) is 30.0 Å². The van der Waals surface area contributed by atoms with Gasteiger partial charge in [0.25, 0.3) is 11.8 Å². The number of carbonyl (C=O) groups excluding carboxylic acids is 2.